The minimum Gasteiger partial charge on any atom is -0.514 e. The molecule has 0 aliphatic rings. The van der Waals surface area contributed by atoms with Gasteiger partial charge in [0.05, 0.1) is 6.61 Å². The molecule has 4 heteroatoms. The van der Waals surface area contributed by atoms with E-state index in [2.05, 4.69) is 20.7 Å². The van der Waals surface area contributed by atoms with Crippen LogP contribution in [-0.2, 0) is 9.53 Å². The number of esters is 1. The van der Waals surface area contributed by atoms with Crippen molar-refractivity contribution in [2.75, 3.05) is 6.61 Å². The van der Waals surface area contributed by atoms with Gasteiger partial charge in [-0.05, 0) is 22.9 Å². The first-order valence-electron chi connectivity index (χ1n) is 2.39. The van der Waals surface area contributed by atoms with Gasteiger partial charge in [-0.25, -0.2) is 4.79 Å². The van der Waals surface area contributed by atoms with Crippen LogP contribution in [0.15, 0.2) is 10.7 Å². The van der Waals surface area contributed by atoms with Gasteiger partial charge in [0.1, 0.15) is 10.7 Å². The maximum Gasteiger partial charge on any atom is 0.348 e. The largest absolute Gasteiger partial charge is 0.514 e. The number of aliphatic hydroxyl groups is 1. The van der Waals surface area contributed by atoms with E-state index in [1.54, 1.807) is 6.92 Å². The molecule has 0 aliphatic carbocycles. The number of hydrogen-bond donors (Lipinski definition) is 1. The third-order valence-electron chi connectivity index (χ3n) is 0.584. The summed E-state index contributed by atoms with van der Waals surface area (Å²) in [6.45, 7) is 2.00. The van der Waals surface area contributed by atoms with E-state index in [0.717, 1.165) is 0 Å². The molecule has 0 saturated carbocycles. The van der Waals surface area contributed by atoms with Gasteiger partial charge in [-0.15, -0.1) is 0 Å². The zero-order valence-electron chi connectivity index (χ0n) is 4.93. The van der Waals surface area contributed by atoms with Crippen LogP contribution in [0.3, 0.4) is 0 Å². The van der Waals surface area contributed by atoms with E-state index in [1.165, 1.54) is 0 Å². The van der Waals surface area contributed by atoms with Crippen LogP contribution in [-0.4, -0.2) is 17.7 Å². The van der Waals surface area contributed by atoms with E-state index in [-0.39, 0.29) is 4.48 Å². The van der Waals surface area contributed by atoms with Crippen LogP contribution in [0.1, 0.15) is 6.92 Å². The van der Waals surface area contributed by atoms with E-state index in [0.29, 0.717) is 12.9 Å². The maximum absolute atomic E-state index is 10.5. The highest BCUT2D eigenvalue weighted by atomic mass is 79.9. The van der Waals surface area contributed by atoms with Crippen LogP contribution in [0.2, 0.25) is 0 Å². The molecule has 0 atom stereocenters. The highest BCUT2D eigenvalue weighted by Gasteiger charge is 2.04. The zero-order valence-corrected chi connectivity index (χ0v) is 6.51. The second-order valence-corrected chi connectivity index (χ2v) is 2.05. The smallest absolute Gasteiger partial charge is 0.348 e. The Labute approximate surface area is 61.4 Å². The van der Waals surface area contributed by atoms with E-state index < -0.39 is 5.97 Å². The number of aliphatic hydroxyl groups excluding tert-OH is 1. The van der Waals surface area contributed by atoms with Crippen molar-refractivity contribution in [1.82, 2.24) is 0 Å². The molecule has 0 aromatic heterocycles. The monoisotopic (exact) mass is 194 g/mol. The third kappa shape index (κ3) is 3.13. The third-order valence-corrected chi connectivity index (χ3v) is 1.11. The summed E-state index contributed by atoms with van der Waals surface area (Å²) >= 11 is 2.78. The van der Waals surface area contributed by atoms with Crippen molar-refractivity contribution in [3.05, 3.63) is 10.7 Å². The Hall–Kier alpha value is -0.510. The Bertz CT molecular complexity index is 130. The molecule has 0 aromatic carbocycles. The van der Waals surface area contributed by atoms with Crippen LogP contribution in [0.4, 0.5) is 0 Å². The van der Waals surface area contributed by atoms with E-state index in [1.807, 2.05) is 0 Å². The maximum atomic E-state index is 10.5. The average Bonchev–Trinajstić information content (AvgIpc) is 1.87. The van der Waals surface area contributed by atoms with Crippen LogP contribution in [0, 0.1) is 0 Å². The lowest BCUT2D eigenvalue weighted by Crippen LogP contribution is -2.02. The minimum absolute atomic E-state index is 0.0318. The molecule has 0 spiro atoms. The molecule has 0 amide bonds. The minimum atomic E-state index is -0.556. The molecular weight excluding hydrogens is 188 g/mol. The molecule has 52 valence electrons. The second kappa shape index (κ2) is 4.38. The molecular formula is C5H7BrO3. The second-order valence-electron chi connectivity index (χ2n) is 1.20. The fourth-order valence-electron chi connectivity index (χ4n) is 0.253. The van der Waals surface area contributed by atoms with Crippen molar-refractivity contribution in [3.8, 4) is 0 Å². The normalized spacial score (nSPS) is 11.1. The topological polar surface area (TPSA) is 46.5 Å². The van der Waals surface area contributed by atoms with Gasteiger partial charge in [-0.3, -0.25) is 0 Å². The SMILES string of the molecule is CCOC(=O)/C(Br)=C/O. The number of halogens is 1. The van der Waals surface area contributed by atoms with Crippen molar-refractivity contribution in [1.29, 1.82) is 0 Å². The summed E-state index contributed by atoms with van der Waals surface area (Å²) in [5, 5.41) is 8.22. The molecule has 0 aromatic rings. The standard InChI is InChI=1S/C5H7BrO3/c1-2-9-5(8)4(6)3-7/h3,7H,2H2,1H3/b4-3-. The zero-order chi connectivity index (χ0) is 7.28. The van der Waals surface area contributed by atoms with E-state index in [4.69, 9.17) is 5.11 Å². The number of carbonyl (C=O) groups excluding carboxylic acids is 1. The van der Waals surface area contributed by atoms with Gasteiger partial charge in [-0.1, -0.05) is 0 Å². The molecule has 0 bridgehead atoms. The fraction of sp³-hybridized carbons (Fsp3) is 0.400. The Morgan fingerprint density at radius 2 is 2.44 bits per heavy atom. The molecule has 0 fully saturated rings. The molecule has 0 aliphatic heterocycles. The first-order valence-corrected chi connectivity index (χ1v) is 3.18. The molecule has 0 saturated heterocycles. The molecule has 0 radical (unpaired) electrons. The fourth-order valence-corrected chi connectivity index (χ4v) is 0.367. The Morgan fingerprint density at radius 3 is 2.78 bits per heavy atom. The predicted molar refractivity (Wildman–Crippen MR) is 36.3 cm³/mol. The quantitative estimate of drug-likeness (QED) is 0.410. The van der Waals surface area contributed by atoms with Crippen LogP contribution >= 0.6 is 15.9 Å². The summed E-state index contributed by atoms with van der Waals surface area (Å²) in [4.78, 5) is 10.5. The Kier molecular flexibility index (Phi) is 4.13. The number of carbonyl (C=O) groups is 1. The van der Waals surface area contributed by atoms with Crippen molar-refractivity contribution in [3.63, 3.8) is 0 Å². The molecule has 0 heterocycles. The molecule has 9 heavy (non-hydrogen) atoms. The number of rotatable bonds is 2. The summed E-state index contributed by atoms with van der Waals surface area (Å²) in [5.41, 5.74) is 0. The number of hydrogen-bond acceptors (Lipinski definition) is 3. The van der Waals surface area contributed by atoms with Gasteiger partial charge in [0.25, 0.3) is 0 Å². The van der Waals surface area contributed by atoms with E-state index in [9.17, 15) is 4.79 Å². The van der Waals surface area contributed by atoms with Crippen molar-refractivity contribution < 1.29 is 14.6 Å². The Morgan fingerprint density at radius 1 is 1.89 bits per heavy atom. The van der Waals surface area contributed by atoms with Gasteiger partial charge >= 0.3 is 5.97 Å². The summed E-state index contributed by atoms with van der Waals surface area (Å²) in [6.07, 6.45) is 0.651. The van der Waals surface area contributed by atoms with Crippen molar-refractivity contribution >= 4 is 21.9 Å². The lowest BCUT2D eigenvalue weighted by molar-refractivity contribution is -0.137. The molecule has 3 nitrogen and oxygen atoms in total. The highest BCUT2D eigenvalue weighted by molar-refractivity contribution is 9.12. The van der Waals surface area contributed by atoms with Crippen molar-refractivity contribution in [2.45, 2.75) is 6.92 Å². The summed E-state index contributed by atoms with van der Waals surface area (Å²) in [6, 6.07) is 0. The van der Waals surface area contributed by atoms with Gasteiger partial charge in [0.15, 0.2) is 0 Å². The van der Waals surface area contributed by atoms with E-state index >= 15 is 0 Å². The van der Waals surface area contributed by atoms with Crippen LogP contribution < -0.4 is 0 Å². The first-order chi connectivity index (χ1) is 4.22. The Balaban J connectivity index is 3.74. The summed E-state index contributed by atoms with van der Waals surface area (Å²) in [7, 11) is 0. The first kappa shape index (κ1) is 8.49. The van der Waals surface area contributed by atoms with Gasteiger partial charge < -0.3 is 9.84 Å². The van der Waals surface area contributed by atoms with Crippen molar-refractivity contribution in [2.24, 2.45) is 0 Å². The molecule has 0 unspecified atom stereocenters. The van der Waals surface area contributed by atoms with Gasteiger partial charge in [0.2, 0.25) is 0 Å². The lowest BCUT2D eigenvalue weighted by atomic mass is 10.6. The predicted octanol–water partition coefficient (Wildman–Crippen LogP) is 1.34. The van der Waals surface area contributed by atoms with Crippen LogP contribution in [0.5, 0.6) is 0 Å². The van der Waals surface area contributed by atoms with Gasteiger partial charge in [0, 0.05) is 0 Å². The molecule has 1 N–H and O–H groups in total. The highest BCUT2D eigenvalue weighted by Crippen LogP contribution is 2.04. The number of ether oxygens (including phenoxy) is 1. The summed E-state index contributed by atoms with van der Waals surface area (Å²) < 4.78 is 4.51. The average molecular weight is 195 g/mol. The lowest BCUT2D eigenvalue weighted by Gasteiger charge is -1.96. The van der Waals surface area contributed by atoms with Crippen LogP contribution in [0.25, 0.3) is 0 Å². The summed E-state index contributed by atoms with van der Waals surface area (Å²) in [5.74, 6) is -0.556. The van der Waals surface area contributed by atoms with Gasteiger partial charge in [-0.2, -0.15) is 0 Å². The molecule has 0 rings (SSSR count).